The number of benzene rings is 1. The zero-order valence-electron chi connectivity index (χ0n) is 11.3. The second-order valence-corrected chi connectivity index (χ2v) is 5.52. The minimum Gasteiger partial charge on any atom is -0.348 e. The van der Waals surface area contributed by atoms with Crippen LogP contribution in [0, 0.1) is 0 Å². The van der Waals surface area contributed by atoms with E-state index in [9.17, 15) is 4.79 Å². The fraction of sp³-hybridized carbons (Fsp3) is 0.0588. The first-order valence-electron chi connectivity index (χ1n) is 6.65. The smallest absolute Gasteiger partial charge is 0.251 e. The van der Waals surface area contributed by atoms with E-state index < -0.39 is 0 Å². The van der Waals surface area contributed by atoms with Gasteiger partial charge in [0.05, 0.1) is 10.6 Å². The lowest BCUT2D eigenvalue weighted by Gasteiger charge is -2.06. The maximum atomic E-state index is 12.2. The van der Waals surface area contributed by atoms with Crippen LogP contribution in [0.2, 0.25) is 0 Å². The number of carbonyl (C=O) groups excluding carboxylic acids is 1. The summed E-state index contributed by atoms with van der Waals surface area (Å²) in [6, 6.07) is 17.4. The second kappa shape index (κ2) is 6.33. The predicted molar refractivity (Wildman–Crippen MR) is 85.2 cm³/mol. The number of amides is 1. The van der Waals surface area contributed by atoms with Crippen LogP contribution >= 0.6 is 11.3 Å². The zero-order chi connectivity index (χ0) is 14.5. The first-order chi connectivity index (χ1) is 10.3. The van der Waals surface area contributed by atoms with Crippen molar-refractivity contribution in [2.75, 3.05) is 0 Å². The fourth-order valence-electron chi connectivity index (χ4n) is 2.01. The second-order valence-electron chi connectivity index (χ2n) is 4.58. The molecule has 0 aliphatic rings. The monoisotopic (exact) mass is 294 g/mol. The Balaban J connectivity index is 1.72. The number of carbonyl (C=O) groups is 1. The highest BCUT2D eigenvalue weighted by atomic mass is 32.1. The van der Waals surface area contributed by atoms with Crippen molar-refractivity contribution in [2.45, 2.75) is 6.54 Å². The highest BCUT2D eigenvalue weighted by Crippen LogP contribution is 2.22. The van der Waals surface area contributed by atoms with Crippen molar-refractivity contribution in [3.05, 3.63) is 77.3 Å². The normalized spacial score (nSPS) is 10.3. The van der Waals surface area contributed by atoms with E-state index in [4.69, 9.17) is 0 Å². The van der Waals surface area contributed by atoms with Crippen molar-refractivity contribution in [1.29, 1.82) is 0 Å². The van der Waals surface area contributed by atoms with Crippen LogP contribution in [0.3, 0.4) is 0 Å². The van der Waals surface area contributed by atoms with Crippen LogP contribution in [0.1, 0.15) is 15.9 Å². The van der Waals surface area contributed by atoms with Crippen LogP contribution in [-0.4, -0.2) is 10.9 Å². The van der Waals surface area contributed by atoms with Gasteiger partial charge in [-0.1, -0.05) is 36.4 Å². The minimum atomic E-state index is -0.0842. The summed E-state index contributed by atoms with van der Waals surface area (Å²) in [5.41, 5.74) is 2.54. The van der Waals surface area contributed by atoms with Gasteiger partial charge in [-0.05, 0) is 29.1 Å². The van der Waals surface area contributed by atoms with E-state index in [0.29, 0.717) is 12.1 Å². The molecule has 0 saturated carbocycles. The Labute approximate surface area is 127 Å². The van der Waals surface area contributed by atoms with Crippen LogP contribution in [-0.2, 0) is 6.54 Å². The topological polar surface area (TPSA) is 42.0 Å². The van der Waals surface area contributed by atoms with Gasteiger partial charge in [0.25, 0.3) is 5.91 Å². The summed E-state index contributed by atoms with van der Waals surface area (Å²) in [7, 11) is 0. The number of thiophene rings is 1. The maximum Gasteiger partial charge on any atom is 0.251 e. The number of nitrogens with zero attached hydrogens (tertiary/aromatic N) is 1. The summed E-state index contributed by atoms with van der Waals surface area (Å²) < 4.78 is 0. The summed E-state index contributed by atoms with van der Waals surface area (Å²) >= 11 is 1.61. The Morgan fingerprint density at radius 2 is 1.95 bits per heavy atom. The van der Waals surface area contributed by atoms with Gasteiger partial charge in [0.15, 0.2) is 0 Å². The molecule has 3 nitrogen and oxygen atoms in total. The third-order valence-corrected chi connectivity index (χ3v) is 3.98. The summed E-state index contributed by atoms with van der Waals surface area (Å²) in [5.74, 6) is -0.0842. The number of hydrogen-bond acceptors (Lipinski definition) is 3. The molecule has 0 saturated heterocycles. The SMILES string of the molecule is O=C(NCc1ccccc1)c1ccnc(-c2cccs2)c1. The van der Waals surface area contributed by atoms with Crippen molar-refractivity contribution < 1.29 is 4.79 Å². The Kier molecular flexibility index (Phi) is 4.07. The largest absolute Gasteiger partial charge is 0.348 e. The van der Waals surface area contributed by atoms with Gasteiger partial charge in [-0.15, -0.1) is 11.3 Å². The quantitative estimate of drug-likeness (QED) is 0.796. The summed E-state index contributed by atoms with van der Waals surface area (Å²) in [5, 5.41) is 4.92. The lowest BCUT2D eigenvalue weighted by atomic mass is 10.2. The molecule has 0 atom stereocenters. The van der Waals surface area contributed by atoms with E-state index >= 15 is 0 Å². The highest BCUT2D eigenvalue weighted by Gasteiger charge is 2.08. The van der Waals surface area contributed by atoms with E-state index in [-0.39, 0.29) is 5.91 Å². The van der Waals surface area contributed by atoms with E-state index in [1.807, 2.05) is 53.9 Å². The van der Waals surface area contributed by atoms with Crippen molar-refractivity contribution in [2.24, 2.45) is 0 Å². The van der Waals surface area contributed by atoms with Gasteiger partial charge in [-0.2, -0.15) is 0 Å². The number of pyridine rings is 1. The van der Waals surface area contributed by atoms with Gasteiger partial charge in [-0.25, -0.2) is 0 Å². The summed E-state index contributed by atoms with van der Waals surface area (Å²) in [6.45, 7) is 0.524. The summed E-state index contributed by atoms with van der Waals surface area (Å²) in [6.07, 6.45) is 1.67. The van der Waals surface area contributed by atoms with E-state index in [2.05, 4.69) is 10.3 Å². The third kappa shape index (κ3) is 3.35. The molecule has 104 valence electrons. The average Bonchev–Trinajstić information content (AvgIpc) is 3.08. The summed E-state index contributed by atoms with van der Waals surface area (Å²) in [4.78, 5) is 17.6. The van der Waals surface area contributed by atoms with Gasteiger partial charge < -0.3 is 5.32 Å². The standard InChI is InChI=1S/C17H14N2OS/c20-17(19-12-13-5-2-1-3-6-13)14-8-9-18-15(11-14)16-7-4-10-21-16/h1-11H,12H2,(H,19,20). The van der Waals surface area contributed by atoms with E-state index in [1.165, 1.54) is 0 Å². The molecular weight excluding hydrogens is 280 g/mol. The van der Waals surface area contributed by atoms with E-state index in [1.54, 1.807) is 23.6 Å². The van der Waals surface area contributed by atoms with Crippen molar-refractivity contribution in [3.63, 3.8) is 0 Å². The highest BCUT2D eigenvalue weighted by molar-refractivity contribution is 7.13. The number of hydrogen-bond donors (Lipinski definition) is 1. The molecule has 0 spiro atoms. The van der Waals surface area contributed by atoms with Crippen LogP contribution in [0.5, 0.6) is 0 Å². The van der Waals surface area contributed by atoms with Crippen molar-refractivity contribution >= 4 is 17.2 Å². The zero-order valence-corrected chi connectivity index (χ0v) is 12.1. The van der Waals surface area contributed by atoms with Crippen LogP contribution in [0.25, 0.3) is 10.6 Å². The molecule has 0 aliphatic carbocycles. The average molecular weight is 294 g/mol. The molecule has 3 aromatic rings. The molecule has 1 N–H and O–H groups in total. The first kappa shape index (κ1) is 13.5. The third-order valence-electron chi connectivity index (χ3n) is 3.09. The molecular formula is C17H14N2OS. The lowest BCUT2D eigenvalue weighted by molar-refractivity contribution is 0.0951. The molecule has 3 rings (SSSR count). The Bertz CT molecular complexity index is 724. The Morgan fingerprint density at radius 3 is 2.71 bits per heavy atom. The molecule has 0 bridgehead atoms. The van der Waals surface area contributed by atoms with Crippen LogP contribution < -0.4 is 5.32 Å². The van der Waals surface area contributed by atoms with Gasteiger partial charge in [0, 0.05) is 18.3 Å². The number of rotatable bonds is 4. The first-order valence-corrected chi connectivity index (χ1v) is 7.53. The minimum absolute atomic E-state index is 0.0842. The van der Waals surface area contributed by atoms with Crippen LogP contribution in [0.4, 0.5) is 0 Å². The molecule has 0 aliphatic heterocycles. The van der Waals surface area contributed by atoms with Crippen LogP contribution in [0.15, 0.2) is 66.2 Å². The molecule has 2 heterocycles. The van der Waals surface area contributed by atoms with Gasteiger partial charge in [0.1, 0.15) is 0 Å². The number of nitrogens with one attached hydrogen (secondary N) is 1. The number of aromatic nitrogens is 1. The molecule has 21 heavy (non-hydrogen) atoms. The van der Waals surface area contributed by atoms with Crippen molar-refractivity contribution in [3.8, 4) is 10.6 Å². The molecule has 0 fully saturated rings. The fourth-order valence-corrected chi connectivity index (χ4v) is 2.70. The Hall–Kier alpha value is -2.46. The van der Waals surface area contributed by atoms with Gasteiger partial charge >= 0.3 is 0 Å². The molecule has 0 unspecified atom stereocenters. The van der Waals surface area contributed by atoms with Gasteiger partial charge in [-0.3, -0.25) is 9.78 Å². The Morgan fingerprint density at radius 1 is 1.10 bits per heavy atom. The molecule has 1 amide bonds. The molecule has 0 radical (unpaired) electrons. The molecule has 1 aromatic carbocycles. The van der Waals surface area contributed by atoms with Crippen molar-refractivity contribution in [1.82, 2.24) is 10.3 Å². The van der Waals surface area contributed by atoms with Gasteiger partial charge in [0.2, 0.25) is 0 Å². The van der Waals surface area contributed by atoms with E-state index in [0.717, 1.165) is 16.1 Å². The molecule has 2 aromatic heterocycles. The predicted octanol–water partition coefficient (Wildman–Crippen LogP) is 3.74. The maximum absolute atomic E-state index is 12.2. The lowest BCUT2D eigenvalue weighted by Crippen LogP contribution is -2.22. The molecule has 4 heteroatoms.